The Balaban J connectivity index is 1.87. The second kappa shape index (κ2) is 8.35. The van der Waals surface area contributed by atoms with Crippen molar-refractivity contribution < 1.29 is 4.74 Å². The summed E-state index contributed by atoms with van der Waals surface area (Å²) in [6.07, 6.45) is 8.22. The van der Waals surface area contributed by atoms with Crippen LogP contribution in [0.1, 0.15) is 52.4 Å². The molecule has 20 heavy (non-hydrogen) atoms. The summed E-state index contributed by atoms with van der Waals surface area (Å²) in [6.45, 7) is 9.15. The highest BCUT2D eigenvalue weighted by Gasteiger charge is 2.34. The Bertz CT molecular complexity index is 260. The second-order valence-corrected chi connectivity index (χ2v) is 6.96. The van der Waals surface area contributed by atoms with Crippen LogP contribution in [0.2, 0.25) is 0 Å². The molecule has 0 heterocycles. The molecule has 2 saturated carbocycles. The summed E-state index contributed by atoms with van der Waals surface area (Å²) in [5.74, 6) is 1.74. The predicted molar refractivity (Wildman–Crippen MR) is 85.1 cm³/mol. The summed E-state index contributed by atoms with van der Waals surface area (Å²) in [5, 5.41) is 3.80. The number of rotatable bonds is 9. The van der Waals surface area contributed by atoms with Crippen molar-refractivity contribution in [1.29, 1.82) is 0 Å². The normalized spacial score (nSPS) is 30.9. The van der Waals surface area contributed by atoms with Crippen LogP contribution in [0, 0.1) is 11.8 Å². The van der Waals surface area contributed by atoms with Gasteiger partial charge in [0.05, 0.1) is 6.61 Å². The lowest BCUT2D eigenvalue weighted by Crippen LogP contribution is -2.47. The van der Waals surface area contributed by atoms with Crippen molar-refractivity contribution in [3.63, 3.8) is 0 Å². The first kappa shape index (κ1) is 16.3. The molecule has 118 valence electrons. The molecule has 2 aliphatic rings. The van der Waals surface area contributed by atoms with E-state index >= 15 is 0 Å². The van der Waals surface area contributed by atoms with Gasteiger partial charge in [0.2, 0.25) is 0 Å². The molecule has 0 amide bonds. The zero-order valence-corrected chi connectivity index (χ0v) is 13.7. The number of ether oxygens (including phenoxy) is 1. The maximum absolute atomic E-state index is 5.29. The SMILES string of the molecule is CCCNC1CCC(C)CC1CN(CCOC)C1CC1. The molecule has 3 unspecified atom stereocenters. The number of nitrogens with zero attached hydrogens (tertiary/aromatic N) is 1. The van der Waals surface area contributed by atoms with E-state index in [1.165, 1.54) is 51.6 Å². The molecule has 0 bridgehead atoms. The third kappa shape index (κ3) is 5.01. The molecule has 0 aromatic rings. The van der Waals surface area contributed by atoms with Crippen LogP contribution in [0.25, 0.3) is 0 Å². The average molecular weight is 282 g/mol. The van der Waals surface area contributed by atoms with Crippen molar-refractivity contribution in [2.45, 2.75) is 64.5 Å². The van der Waals surface area contributed by atoms with Gasteiger partial charge >= 0.3 is 0 Å². The van der Waals surface area contributed by atoms with Crippen molar-refractivity contribution in [3.05, 3.63) is 0 Å². The number of hydrogen-bond donors (Lipinski definition) is 1. The van der Waals surface area contributed by atoms with Crippen LogP contribution in [-0.4, -0.2) is 50.3 Å². The first-order chi connectivity index (χ1) is 9.74. The van der Waals surface area contributed by atoms with Gasteiger partial charge < -0.3 is 10.1 Å². The fourth-order valence-electron chi connectivity index (χ4n) is 3.67. The second-order valence-electron chi connectivity index (χ2n) is 6.96. The Kier molecular flexibility index (Phi) is 6.79. The Morgan fingerprint density at radius 2 is 2.00 bits per heavy atom. The fraction of sp³-hybridized carbons (Fsp3) is 1.00. The summed E-state index contributed by atoms with van der Waals surface area (Å²) in [5.41, 5.74) is 0. The van der Waals surface area contributed by atoms with E-state index in [1.807, 2.05) is 7.11 Å². The maximum Gasteiger partial charge on any atom is 0.0589 e. The Hall–Kier alpha value is -0.120. The lowest BCUT2D eigenvalue weighted by Gasteiger charge is -2.38. The Labute approximate surface area is 125 Å². The highest BCUT2D eigenvalue weighted by atomic mass is 16.5. The lowest BCUT2D eigenvalue weighted by molar-refractivity contribution is 0.104. The molecule has 0 aliphatic heterocycles. The van der Waals surface area contributed by atoms with Crippen molar-refractivity contribution >= 4 is 0 Å². The highest BCUT2D eigenvalue weighted by Crippen LogP contribution is 2.33. The van der Waals surface area contributed by atoms with Gasteiger partial charge in [0.15, 0.2) is 0 Å². The van der Waals surface area contributed by atoms with Crippen LogP contribution in [0.5, 0.6) is 0 Å². The Morgan fingerprint density at radius 1 is 1.20 bits per heavy atom. The standard InChI is InChI=1S/C17H34N2O/c1-4-9-18-17-8-5-14(2)12-15(17)13-19(10-11-20-3)16-6-7-16/h14-18H,4-13H2,1-3H3. The van der Waals surface area contributed by atoms with Gasteiger partial charge in [-0.3, -0.25) is 4.90 Å². The first-order valence-electron chi connectivity index (χ1n) is 8.71. The first-order valence-corrected chi connectivity index (χ1v) is 8.71. The molecule has 0 aromatic carbocycles. The number of methoxy groups -OCH3 is 1. The largest absolute Gasteiger partial charge is 0.383 e. The Morgan fingerprint density at radius 3 is 2.65 bits per heavy atom. The molecule has 2 rings (SSSR count). The summed E-state index contributed by atoms with van der Waals surface area (Å²) >= 11 is 0. The summed E-state index contributed by atoms with van der Waals surface area (Å²) in [4.78, 5) is 2.70. The third-order valence-electron chi connectivity index (χ3n) is 5.02. The highest BCUT2D eigenvalue weighted by molar-refractivity contribution is 4.90. The van der Waals surface area contributed by atoms with E-state index in [2.05, 4.69) is 24.1 Å². The van der Waals surface area contributed by atoms with Crippen LogP contribution in [0.3, 0.4) is 0 Å². The minimum atomic E-state index is 0.745. The fourth-order valence-corrected chi connectivity index (χ4v) is 3.67. The average Bonchev–Trinajstić information content (AvgIpc) is 3.27. The van der Waals surface area contributed by atoms with Crippen LogP contribution < -0.4 is 5.32 Å². The zero-order valence-electron chi connectivity index (χ0n) is 13.7. The molecular weight excluding hydrogens is 248 g/mol. The molecule has 3 nitrogen and oxygen atoms in total. The predicted octanol–water partition coefficient (Wildman–Crippen LogP) is 2.90. The van der Waals surface area contributed by atoms with Crippen molar-refractivity contribution in [1.82, 2.24) is 10.2 Å². The maximum atomic E-state index is 5.29. The molecule has 2 fully saturated rings. The molecule has 0 radical (unpaired) electrons. The molecule has 3 heteroatoms. The van der Waals surface area contributed by atoms with Gasteiger partial charge in [-0.2, -0.15) is 0 Å². The number of hydrogen-bond acceptors (Lipinski definition) is 3. The van der Waals surface area contributed by atoms with E-state index in [0.717, 1.165) is 37.1 Å². The van der Waals surface area contributed by atoms with E-state index in [9.17, 15) is 0 Å². The van der Waals surface area contributed by atoms with Crippen molar-refractivity contribution in [2.24, 2.45) is 11.8 Å². The smallest absolute Gasteiger partial charge is 0.0589 e. The van der Waals surface area contributed by atoms with Crippen LogP contribution in [-0.2, 0) is 4.74 Å². The van der Waals surface area contributed by atoms with Gasteiger partial charge in [-0.15, -0.1) is 0 Å². The lowest BCUT2D eigenvalue weighted by atomic mass is 9.78. The molecule has 0 spiro atoms. The summed E-state index contributed by atoms with van der Waals surface area (Å²) in [7, 11) is 1.82. The molecule has 0 aromatic heterocycles. The van der Waals surface area contributed by atoms with Gasteiger partial charge in [0, 0.05) is 32.3 Å². The molecule has 3 atom stereocenters. The molecule has 0 saturated heterocycles. The monoisotopic (exact) mass is 282 g/mol. The van der Waals surface area contributed by atoms with Gasteiger partial charge in [-0.05, 0) is 56.9 Å². The van der Waals surface area contributed by atoms with Gasteiger partial charge in [-0.1, -0.05) is 13.8 Å². The molecular formula is C17H34N2O. The summed E-state index contributed by atoms with van der Waals surface area (Å²) in [6, 6.07) is 1.60. The van der Waals surface area contributed by atoms with Crippen LogP contribution in [0.15, 0.2) is 0 Å². The van der Waals surface area contributed by atoms with Gasteiger partial charge in [0.1, 0.15) is 0 Å². The third-order valence-corrected chi connectivity index (χ3v) is 5.02. The number of nitrogens with one attached hydrogen (secondary N) is 1. The minimum Gasteiger partial charge on any atom is -0.383 e. The van der Waals surface area contributed by atoms with E-state index in [4.69, 9.17) is 4.74 Å². The van der Waals surface area contributed by atoms with E-state index in [0.29, 0.717) is 0 Å². The van der Waals surface area contributed by atoms with Gasteiger partial charge in [0.25, 0.3) is 0 Å². The molecule has 2 aliphatic carbocycles. The topological polar surface area (TPSA) is 24.5 Å². The van der Waals surface area contributed by atoms with Crippen molar-refractivity contribution in [3.8, 4) is 0 Å². The van der Waals surface area contributed by atoms with Crippen molar-refractivity contribution in [2.75, 3.05) is 33.4 Å². The van der Waals surface area contributed by atoms with Crippen LogP contribution in [0.4, 0.5) is 0 Å². The quantitative estimate of drug-likeness (QED) is 0.704. The van der Waals surface area contributed by atoms with E-state index in [-0.39, 0.29) is 0 Å². The van der Waals surface area contributed by atoms with Crippen LogP contribution >= 0.6 is 0 Å². The summed E-state index contributed by atoms with van der Waals surface area (Å²) < 4.78 is 5.29. The van der Waals surface area contributed by atoms with E-state index in [1.54, 1.807) is 0 Å². The van der Waals surface area contributed by atoms with Gasteiger partial charge in [-0.25, -0.2) is 0 Å². The minimum absolute atomic E-state index is 0.745. The van der Waals surface area contributed by atoms with E-state index < -0.39 is 0 Å². The molecule has 1 N–H and O–H groups in total. The zero-order chi connectivity index (χ0) is 14.4.